The van der Waals surface area contributed by atoms with E-state index in [2.05, 4.69) is 21.8 Å². The predicted molar refractivity (Wildman–Crippen MR) is 149 cm³/mol. The topological polar surface area (TPSA) is 135 Å². The first kappa shape index (κ1) is 25.5. The minimum Gasteiger partial charge on any atom is -0.449 e. The first-order valence-electron chi connectivity index (χ1n) is 12.5. The van der Waals surface area contributed by atoms with E-state index >= 15 is 0 Å². The van der Waals surface area contributed by atoms with Crippen LogP contribution in [0.1, 0.15) is 30.3 Å². The van der Waals surface area contributed by atoms with Crippen LogP contribution in [0.25, 0.3) is 22.2 Å². The number of benzene rings is 3. The molecule has 10 heteroatoms. The maximum absolute atomic E-state index is 11.4. The molecule has 0 aliphatic carbocycles. The lowest BCUT2D eigenvalue weighted by Crippen LogP contribution is -2.06. The summed E-state index contributed by atoms with van der Waals surface area (Å²) in [4.78, 5) is 29.9. The van der Waals surface area contributed by atoms with Crippen LogP contribution in [0.3, 0.4) is 0 Å². The Morgan fingerprint density at radius 3 is 2.64 bits per heavy atom. The summed E-state index contributed by atoms with van der Waals surface area (Å²) < 4.78 is 7.12. The van der Waals surface area contributed by atoms with Crippen LogP contribution in [-0.2, 0) is 13.0 Å². The molecule has 2 heterocycles. The molecule has 5 aromatic rings. The lowest BCUT2D eigenvalue weighted by atomic mass is 10.0. The van der Waals surface area contributed by atoms with Crippen molar-refractivity contribution in [1.29, 1.82) is 0 Å². The Hall–Kier alpha value is -5.12. The molecule has 0 amide bonds. The smallest absolute Gasteiger partial charge is 0.449 e. The number of aromatic amines is 1. The molecular weight excluding hydrogens is 498 g/mol. The molecule has 0 saturated heterocycles. The quantitative estimate of drug-likeness (QED) is 0.0812. The molecule has 0 fully saturated rings. The molecule has 10 nitrogen and oxygen atoms in total. The van der Waals surface area contributed by atoms with E-state index in [-0.39, 0.29) is 11.4 Å². The molecule has 0 bridgehead atoms. The van der Waals surface area contributed by atoms with E-state index in [1.54, 1.807) is 12.1 Å². The van der Waals surface area contributed by atoms with E-state index in [4.69, 9.17) is 14.8 Å². The minimum absolute atomic E-state index is 0.0247. The van der Waals surface area contributed by atoms with Crippen LogP contribution in [0.15, 0.2) is 72.9 Å². The van der Waals surface area contributed by atoms with Crippen molar-refractivity contribution in [2.45, 2.75) is 33.2 Å². The second-order valence-corrected chi connectivity index (χ2v) is 9.21. The number of nitrogens with zero attached hydrogens (tertiary/aromatic N) is 3. The van der Waals surface area contributed by atoms with Gasteiger partial charge in [-0.2, -0.15) is 0 Å². The van der Waals surface area contributed by atoms with Gasteiger partial charge >= 0.3 is 11.8 Å². The summed E-state index contributed by atoms with van der Waals surface area (Å²) >= 11 is 0. The molecule has 0 saturated carbocycles. The van der Waals surface area contributed by atoms with Gasteiger partial charge in [0, 0.05) is 36.5 Å². The zero-order chi connectivity index (χ0) is 27.5. The van der Waals surface area contributed by atoms with Gasteiger partial charge in [-0.3, -0.25) is 10.1 Å². The van der Waals surface area contributed by atoms with Crippen molar-refractivity contribution < 1.29 is 19.6 Å². The number of H-pyrrole nitrogens is 1. The summed E-state index contributed by atoms with van der Waals surface area (Å²) in [5.41, 5.74) is 6.06. The number of rotatable bonds is 9. The largest absolute Gasteiger partial charge is 0.511 e. The molecule has 0 aliphatic heterocycles. The third kappa shape index (κ3) is 5.30. The third-order valence-electron chi connectivity index (χ3n) is 6.48. The summed E-state index contributed by atoms with van der Waals surface area (Å²) in [5, 5.41) is 23.6. The van der Waals surface area contributed by atoms with Gasteiger partial charge in [-0.15, -0.1) is 0 Å². The van der Waals surface area contributed by atoms with Gasteiger partial charge in [0.25, 0.3) is 0 Å². The number of carbonyl (C=O) groups is 1. The van der Waals surface area contributed by atoms with E-state index in [0.29, 0.717) is 17.9 Å². The molecular formula is C29H27N5O5. The number of aromatic nitrogens is 3. The fourth-order valence-electron chi connectivity index (χ4n) is 4.72. The molecule has 0 aliphatic rings. The van der Waals surface area contributed by atoms with Crippen LogP contribution in [0.5, 0.6) is 5.75 Å². The Kier molecular flexibility index (Phi) is 7.00. The zero-order valence-corrected chi connectivity index (χ0v) is 21.5. The van der Waals surface area contributed by atoms with Crippen molar-refractivity contribution in [3.63, 3.8) is 0 Å². The van der Waals surface area contributed by atoms with Gasteiger partial charge < -0.3 is 24.7 Å². The number of para-hydroxylation sites is 1. The lowest BCUT2D eigenvalue weighted by Gasteiger charge is -2.12. The number of carboxylic acid groups (broad SMARTS) is 1. The van der Waals surface area contributed by atoms with E-state index < -0.39 is 11.1 Å². The normalized spacial score (nSPS) is 11.0. The van der Waals surface area contributed by atoms with Crippen molar-refractivity contribution in [2.75, 3.05) is 5.32 Å². The molecule has 198 valence electrons. The van der Waals surface area contributed by atoms with Crippen molar-refractivity contribution in [1.82, 2.24) is 14.5 Å². The molecule has 0 radical (unpaired) electrons. The van der Waals surface area contributed by atoms with Gasteiger partial charge in [-0.1, -0.05) is 49.4 Å². The second kappa shape index (κ2) is 10.7. The highest BCUT2D eigenvalue weighted by Crippen LogP contribution is 2.32. The molecule has 0 atom stereocenters. The van der Waals surface area contributed by atoms with Crippen molar-refractivity contribution in [2.24, 2.45) is 0 Å². The molecule has 0 spiro atoms. The van der Waals surface area contributed by atoms with Crippen molar-refractivity contribution in [3.05, 3.63) is 100.0 Å². The fourth-order valence-corrected chi connectivity index (χ4v) is 4.72. The molecule has 39 heavy (non-hydrogen) atoms. The van der Waals surface area contributed by atoms with Crippen LogP contribution in [0, 0.1) is 17.0 Å². The first-order chi connectivity index (χ1) is 18.8. The van der Waals surface area contributed by atoms with Crippen molar-refractivity contribution in [3.8, 4) is 16.9 Å². The average molecular weight is 526 g/mol. The van der Waals surface area contributed by atoms with Crippen LogP contribution < -0.4 is 10.1 Å². The second-order valence-electron chi connectivity index (χ2n) is 9.21. The highest BCUT2D eigenvalue weighted by Gasteiger charge is 2.18. The van der Waals surface area contributed by atoms with Gasteiger partial charge in [-0.05, 0) is 48.2 Å². The highest BCUT2D eigenvalue weighted by molar-refractivity contribution is 5.85. The number of nitrogens with one attached hydrogen (secondary N) is 2. The molecule has 0 unspecified atom stereocenters. The van der Waals surface area contributed by atoms with Crippen LogP contribution in [0.2, 0.25) is 0 Å². The number of nitro groups is 1. The fraction of sp³-hybridized carbons (Fsp3) is 0.172. The van der Waals surface area contributed by atoms with E-state index in [9.17, 15) is 14.9 Å². The van der Waals surface area contributed by atoms with E-state index in [1.807, 2.05) is 55.5 Å². The highest BCUT2D eigenvalue weighted by atomic mass is 16.7. The summed E-state index contributed by atoms with van der Waals surface area (Å²) in [6, 6.07) is 20.2. The number of anilines is 2. The van der Waals surface area contributed by atoms with Crippen molar-refractivity contribution >= 4 is 34.4 Å². The molecule has 2 aromatic heterocycles. The van der Waals surface area contributed by atoms with Gasteiger partial charge in [0.05, 0.1) is 16.0 Å². The third-order valence-corrected chi connectivity index (χ3v) is 6.48. The maximum atomic E-state index is 11.4. The number of aryl methyl sites for hydroxylation is 2. The number of imidazole rings is 1. The van der Waals surface area contributed by atoms with Crippen LogP contribution >= 0.6 is 0 Å². The number of hydrogen-bond acceptors (Lipinski definition) is 6. The summed E-state index contributed by atoms with van der Waals surface area (Å²) in [7, 11) is 0. The average Bonchev–Trinajstić information content (AvgIpc) is 3.50. The Morgan fingerprint density at radius 1 is 1.15 bits per heavy atom. The molecule has 3 N–H and O–H groups in total. The molecule has 3 aromatic carbocycles. The summed E-state index contributed by atoms with van der Waals surface area (Å²) in [5.74, 6) is 1.56. The van der Waals surface area contributed by atoms with Gasteiger partial charge in [0.1, 0.15) is 11.6 Å². The van der Waals surface area contributed by atoms with E-state index in [1.165, 1.54) is 12.3 Å². The Labute approximate surface area is 224 Å². The molecule has 5 rings (SSSR count). The predicted octanol–water partition coefficient (Wildman–Crippen LogP) is 7.05. The number of fused-ring (bicyclic) bond motifs is 1. The lowest BCUT2D eigenvalue weighted by molar-refractivity contribution is -0.383. The van der Waals surface area contributed by atoms with Gasteiger partial charge in [0.15, 0.2) is 5.82 Å². The van der Waals surface area contributed by atoms with Crippen LogP contribution in [0.4, 0.5) is 22.0 Å². The maximum Gasteiger partial charge on any atom is 0.511 e. The Bertz CT molecular complexity index is 1670. The minimum atomic E-state index is -1.36. The number of ether oxygens (including phenoxy) is 1. The van der Waals surface area contributed by atoms with Crippen LogP contribution in [-0.4, -0.2) is 30.7 Å². The first-order valence-corrected chi connectivity index (χ1v) is 12.5. The van der Waals surface area contributed by atoms with Gasteiger partial charge in [0.2, 0.25) is 0 Å². The Morgan fingerprint density at radius 2 is 1.92 bits per heavy atom. The zero-order valence-electron chi connectivity index (χ0n) is 21.5. The SMILES string of the molecule is CCCc1nc2c(C)cc(Nc3[nH]ccc3[N+](=O)[O-])cc2n1Cc1ccc(-c2ccccc2OC(=O)O)cc1. The standard InChI is InChI=1S/C29H27N5O5/c1-3-6-26-32-27-18(2)15-21(31-28-23(34(37)38)13-14-30-28)16-24(27)33(26)17-19-9-11-20(12-10-19)22-7-4-5-8-25(22)39-29(35)36/h4-5,7-16,30-31H,3,6,17H2,1-2H3,(H,35,36). The number of hydrogen-bond donors (Lipinski definition) is 3. The van der Waals surface area contributed by atoms with Gasteiger partial charge in [-0.25, -0.2) is 9.78 Å². The summed E-state index contributed by atoms with van der Waals surface area (Å²) in [6.07, 6.45) is 1.91. The monoisotopic (exact) mass is 525 g/mol. The summed E-state index contributed by atoms with van der Waals surface area (Å²) in [6.45, 7) is 4.67. The Balaban J connectivity index is 1.49. The van der Waals surface area contributed by atoms with E-state index in [0.717, 1.165) is 52.1 Å².